The van der Waals surface area contributed by atoms with E-state index in [1.165, 1.54) is 0 Å². The minimum atomic E-state index is -0.637. The van der Waals surface area contributed by atoms with Gasteiger partial charge in [-0.15, -0.1) is 0 Å². The predicted molar refractivity (Wildman–Crippen MR) is 112 cm³/mol. The Balaban J connectivity index is 1.74. The number of likely N-dealkylation sites (N-methyl/N-ethyl adjacent to an activating group) is 1. The van der Waals surface area contributed by atoms with Crippen LogP contribution >= 0.6 is 11.6 Å². The maximum Gasteiger partial charge on any atom is 0.342 e. The summed E-state index contributed by atoms with van der Waals surface area (Å²) in [5, 5.41) is 3.22. The van der Waals surface area contributed by atoms with Crippen molar-refractivity contribution in [1.29, 1.82) is 0 Å². The summed E-state index contributed by atoms with van der Waals surface area (Å²) in [5.74, 6) is -0.356. The molecular formula is C20H21ClN4O5. The first-order chi connectivity index (χ1) is 14.3. The molecule has 0 aliphatic heterocycles. The molecule has 2 N–H and O–H groups in total. The molecule has 0 saturated carbocycles. The van der Waals surface area contributed by atoms with Crippen molar-refractivity contribution in [3.05, 3.63) is 56.8 Å². The van der Waals surface area contributed by atoms with E-state index in [-0.39, 0.29) is 48.0 Å². The lowest BCUT2D eigenvalue weighted by atomic mass is 10.2. The van der Waals surface area contributed by atoms with E-state index in [9.17, 15) is 14.4 Å². The monoisotopic (exact) mass is 432 g/mol. The molecular weight excluding hydrogens is 412 g/mol. The number of hydrogen-bond donors (Lipinski definition) is 2. The van der Waals surface area contributed by atoms with Gasteiger partial charge in [0.2, 0.25) is 11.6 Å². The fourth-order valence-corrected chi connectivity index (χ4v) is 3.18. The standard InChI is InChI=1S/C20H21ClN4O5/c1-4-29-20(28)16-11(2)30-19-17(16)18(27)23-14(24-19)9-25(3)10-15(26)22-13-8-6-5-7-12(13)21/h5-8H,4,9-10H2,1-3H3,(H,22,26)(H,23,24,27). The van der Waals surface area contributed by atoms with E-state index in [4.69, 9.17) is 20.8 Å². The number of aromatic nitrogens is 2. The number of benzene rings is 1. The third-order valence-corrected chi connectivity index (χ3v) is 4.58. The third-order valence-electron chi connectivity index (χ3n) is 4.25. The molecule has 10 heteroatoms. The molecule has 0 fully saturated rings. The van der Waals surface area contributed by atoms with Crippen molar-refractivity contribution in [2.75, 3.05) is 25.5 Å². The highest BCUT2D eigenvalue weighted by Crippen LogP contribution is 2.22. The van der Waals surface area contributed by atoms with Crippen molar-refractivity contribution >= 4 is 40.3 Å². The second-order valence-electron chi connectivity index (χ2n) is 6.65. The summed E-state index contributed by atoms with van der Waals surface area (Å²) < 4.78 is 10.5. The van der Waals surface area contributed by atoms with Crippen molar-refractivity contribution in [1.82, 2.24) is 14.9 Å². The van der Waals surface area contributed by atoms with Crippen LogP contribution in [0.1, 0.15) is 28.9 Å². The molecule has 0 spiro atoms. The number of hydrogen-bond acceptors (Lipinski definition) is 7. The topological polar surface area (TPSA) is 118 Å². The summed E-state index contributed by atoms with van der Waals surface area (Å²) in [6, 6.07) is 6.92. The van der Waals surface area contributed by atoms with Gasteiger partial charge in [0.1, 0.15) is 22.5 Å². The number of ether oxygens (including phenoxy) is 1. The second-order valence-corrected chi connectivity index (χ2v) is 7.05. The highest BCUT2D eigenvalue weighted by molar-refractivity contribution is 6.33. The van der Waals surface area contributed by atoms with Crippen LogP contribution in [0.3, 0.4) is 0 Å². The van der Waals surface area contributed by atoms with E-state index in [0.29, 0.717) is 16.5 Å². The number of rotatable bonds is 7. The molecule has 0 aliphatic carbocycles. The van der Waals surface area contributed by atoms with Crippen LogP contribution in [0, 0.1) is 6.92 Å². The zero-order valence-electron chi connectivity index (χ0n) is 16.7. The molecule has 158 valence electrons. The Morgan fingerprint density at radius 3 is 2.77 bits per heavy atom. The van der Waals surface area contributed by atoms with Gasteiger partial charge in [-0.25, -0.2) is 4.79 Å². The van der Waals surface area contributed by atoms with Crippen molar-refractivity contribution in [2.24, 2.45) is 0 Å². The first kappa shape index (κ1) is 21.5. The first-order valence-corrected chi connectivity index (χ1v) is 9.60. The fourth-order valence-electron chi connectivity index (χ4n) is 3.00. The number of aryl methyl sites for hydroxylation is 1. The third kappa shape index (κ3) is 4.69. The van der Waals surface area contributed by atoms with Crippen LogP contribution in [-0.2, 0) is 16.1 Å². The summed E-state index contributed by atoms with van der Waals surface area (Å²) in [7, 11) is 1.70. The zero-order chi connectivity index (χ0) is 21.8. The predicted octanol–water partition coefficient (Wildman–Crippen LogP) is 2.73. The van der Waals surface area contributed by atoms with Crippen molar-refractivity contribution in [3.63, 3.8) is 0 Å². The van der Waals surface area contributed by atoms with Crippen molar-refractivity contribution in [2.45, 2.75) is 20.4 Å². The van der Waals surface area contributed by atoms with Gasteiger partial charge in [0.25, 0.3) is 5.56 Å². The van der Waals surface area contributed by atoms with Gasteiger partial charge in [0.15, 0.2) is 0 Å². The van der Waals surface area contributed by atoms with Crippen LogP contribution in [0.2, 0.25) is 5.02 Å². The summed E-state index contributed by atoms with van der Waals surface area (Å²) in [6.45, 7) is 3.63. The van der Waals surface area contributed by atoms with Crippen LogP contribution in [0.15, 0.2) is 33.5 Å². The Morgan fingerprint density at radius 1 is 1.33 bits per heavy atom. The largest absolute Gasteiger partial charge is 0.462 e. The number of nitrogens with one attached hydrogen (secondary N) is 2. The molecule has 0 atom stereocenters. The van der Waals surface area contributed by atoms with Crippen molar-refractivity contribution in [3.8, 4) is 0 Å². The van der Waals surface area contributed by atoms with E-state index < -0.39 is 11.5 Å². The average Bonchev–Trinajstić information content (AvgIpc) is 3.00. The Hall–Kier alpha value is -3.17. The molecule has 0 radical (unpaired) electrons. The van der Waals surface area contributed by atoms with Crippen LogP contribution in [0.5, 0.6) is 0 Å². The molecule has 3 aromatic rings. The lowest BCUT2D eigenvalue weighted by Gasteiger charge is -2.16. The van der Waals surface area contributed by atoms with Gasteiger partial charge < -0.3 is 19.5 Å². The maximum absolute atomic E-state index is 12.5. The quantitative estimate of drug-likeness (QED) is 0.551. The Labute approximate surface area is 177 Å². The molecule has 30 heavy (non-hydrogen) atoms. The van der Waals surface area contributed by atoms with E-state index in [1.807, 2.05) is 0 Å². The molecule has 0 aliphatic rings. The summed E-state index contributed by atoms with van der Waals surface area (Å²) in [6.07, 6.45) is 0. The van der Waals surface area contributed by atoms with Crippen LogP contribution in [-0.4, -0.2) is 46.9 Å². The number of amides is 1. The smallest absolute Gasteiger partial charge is 0.342 e. The van der Waals surface area contributed by atoms with Gasteiger partial charge in [0.05, 0.1) is 30.4 Å². The van der Waals surface area contributed by atoms with Gasteiger partial charge in [-0.1, -0.05) is 23.7 Å². The zero-order valence-corrected chi connectivity index (χ0v) is 17.5. The normalized spacial score (nSPS) is 11.1. The highest BCUT2D eigenvalue weighted by Gasteiger charge is 2.24. The van der Waals surface area contributed by atoms with Crippen LogP contribution < -0.4 is 10.9 Å². The number of nitrogens with zero attached hydrogens (tertiary/aromatic N) is 2. The number of esters is 1. The molecule has 1 aromatic carbocycles. The minimum absolute atomic E-state index is 0.0399. The highest BCUT2D eigenvalue weighted by atomic mass is 35.5. The SMILES string of the molecule is CCOC(=O)c1c(C)oc2nc(CN(C)CC(=O)Nc3ccccc3Cl)[nH]c(=O)c12. The van der Waals surface area contributed by atoms with Gasteiger partial charge in [-0.2, -0.15) is 4.98 Å². The molecule has 2 heterocycles. The number of aromatic amines is 1. The molecule has 3 rings (SSSR count). The number of anilines is 1. The lowest BCUT2D eigenvalue weighted by Crippen LogP contribution is -2.31. The summed E-state index contributed by atoms with van der Waals surface area (Å²) >= 11 is 6.04. The summed E-state index contributed by atoms with van der Waals surface area (Å²) in [4.78, 5) is 45.5. The van der Waals surface area contributed by atoms with Crippen LogP contribution in [0.25, 0.3) is 11.1 Å². The minimum Gasteiger partial charge on any atom is -0.462 e. The van der Waals surface area contributed by atoms with Gasteiger partial charge in [-0.3, -0.25) is 14.5 Å². The second kappa shape index (κ2) is 9.10. The maximum atomic E-state index is 12.5. The molecule has 2 aromatic heterocycles. The number of H-pyrrole nitrogens is 1. The van der Waals surface area contributed by atoms with Gasteiger partial charge >= 0.3 is 5.97 Å². The number of halogens is 1. The van der Waals surface area contributed by atoms with Crippen LogP contribution in [0.4, 0.5) is 5.69 Å². The molecule has 1 amide bonds. The van der Waals surface area contributed by atoms with Gasteiger partial charge in [0, 0.05) is 0 Å². The Bertz CT molecular complexity index is 1150. The molecule has 0 unspecified atom stereocenters. The lowest BCUT2D eigenvalue weighted by molar-refractivity contribution is -0.117. The molecule has 9 nitrogen and oxygen atoms in total. The molecule has 0 saturated heterocycles. The number of carbonyl (C=O) groups is 2. The number of fused-ring (bicyclic) bond motifs is 1. The first-order valence-electron chi connectivity index (χ1n) is 9.22. The average molecular weight is 433 g/mol. The number of carbonyl (C=O) groups excluding carboxylic acids is 2. The Morgan fingerprint density at radius 2 is 2.07 bits per heavy atom. The van der Waals surface area contributed by atoms with E-state index in [0.717, 1.165) is 0 Å². The number of furan rings is 1. The van der Waals surface area contributed by atoms with E-state index in [1.54, 1.807) is 50.1 Å². The summed E-state index contributed by atoms with van der Waals surface area (Å²) in [5.41, 5.74) is 0.120. The van der Waals surface area contributed by atoms with E-state index in [2.05, 4.69) is 15.3 Å². The number of para-hydroxylation sites is 1. The van der Waals surface area contributed by atoms with E-state index >= 15 is 0 Å². The van der Waals surface area contributed by atoms with Gasteiger partial charge in [-0.05, 0) is 33.0 Å². The van der Waals surface area contributed by atoms with Crippen molar-refractivity contribution < 1.29 is 18.7 Å². The fraction of sp³-hybridized carbons (Fsp3) is 0.300. The Kier molecular flexibility index (Phi) is 6.53. The molecule has 0 bridgehead atoms.